The SMILES string of the molecule is COc1ccc([C@@H](C)CCNC(=O)[C@H]2CCCOC2)cc1. The van der Waals surface area contributed by atoms with Crippen molar-refractivity contribution in [1.29, 1.82) is 0 Å². The predicted molar refractivity (Wildman–Crippen MR) is 82.6 cm³/mol. The number of rotatable bonds is 6. The monoisotopic (exact) mass is 291 g/mol. The van der Waals surface area contributed by atoms with Gasteiger partial charge >= 0.3 is 0 Å². The highest BCUT2D eigenvalue weighted by Gasteiger charge is 2.21. The van der Waals surface area contributed by atoms with Crippen LogP contribution in [0, 0.1) is 5.92 Å². The summed E-state index contributed by atoms with van der Waals surface area (Å²) in [5.41, 5.74) is 1.27. The molecule has 21 heavy (non-hydrogen) atoms. The minimum atomic E-state index is 0.0371. The van der Waals surface area contributed by atoms with Crippen molar-refractivity contribution in [2.45, 2.75) is 32.1 Å². The van der Waals surface area contributed by atoms with Gasteiger partial charge in [-0.1, -0.05) is 19.1 Å². The lowest BCUT2D eigenvalue weighted by Gasteiger charge is -2.21. The normalized spacial score (nSPS) is 19.8. The third-order valence-electron chi connectivity index (χ3n) is 4.09. The van der Waals surface area contributed by atoms with Gasteiger partial charge in [-0.2, -0.15) is 0 Å². The van der Waals surface area contributed by atoms with Crippen LogP contribution in [-0.2, 0) is 9.53 Å². The van der Waals surface area contributed by atoms with Gasteiger partial charge in [-0.15, -0.1) is 0 Å². The lowest BCUT2D eigenvalue weighted by molar-refractivity contribution is -0.128. The third kappa shape index (κ3) is 4.74. The highest BCUT2D eigenvalue weighted by molar-refractivity contribution is 5.78. The summed E-state index contributed by atoms with van der Waals surface area (Å²) in [6.07, 6.45) is 2.87. The number of ether oxygens (including phenoxy) is 2. The van der Waals surface area contributed by atoms with Crippen molar-refractivity contribution >= 4 is 5.91 Å². The maximum absolute atomic E-state index is 12.0. The van der Waals surface area contributed by atoms with E-state index < -0.39 is 0 Å². The summed E-state index contributed by atoms with van der Waals surface area (Å²) in [4.78, 5) is 12.0. The molecular formula is C17H25NO3. The van der Waals surface area contributed by atoms with Crippen LogP contribution in [-0.4, -0.2) is 32.8 Å². The minimum Gasteiger partial charge on any atom is -0.497 e. The molecule has 0 bridgehead atoms. The van der Waals surface area contributed by atoms with E-state index in [1.54, 1.807) is 7.11 Å². The van der Waals surface area contributed by atoms with E-state index in [9.17, 15) is 4.79 Å². The Labute approximate surface area is 126 Å². The zero-order valence-electron chi connectivity index (χ0n) is 12.9. The fraction of sp³-hybridized carbons (Fsp3) is 0.588. The number of benzene rings is 1. The van der Waals surface area contributed by atoms with E-state index in [2.05, 4.69) is 24.4 Å². The Kier molecular flexibility index (Phi) is 6.05. The van der Waals surface area contributed by atoms with Gasteiger partial charge in [0.25, 0.3) is 0 Å². The van der Waals surface area contributed by atoms with Crippen LogP contribution in [0.1, 0.15) is 37.7 Å². The first-order valence-corrected chi connectivity index (χ1v) is 7.70. The molecule has 0 spiro atoms. The summed E-state index contributed by atoms with van der Waals surface area (Å²) in [6.45, 7) is 4.25. The number of hydrogen-bond donors (Lipinski definition) is 1. The molecule has 4 nitrogen and oxygen atoms in total. The second-order valence-corrected chi connectivity index (χ2v) is 5.67. The first-order valence-electron chi connectivity index (χ1n) is 7.70. The van der Waals surface area contributed by atoms with Crippen LogP contribution >= 0.6 is 0 Å². The molecule has 1 heterocycles. The Morgan fingerprint density at radius 1 is 1.43 bits per heavy atom. The first kappa shape index (κ1) is 15.8. The van der Waals surface area contributed by atoms with Crippen LogP contribution in [0.3, 0.4) is 0 Å². The molecule has 4 heteroatoms. The van der Waals surface area contributed by atoms with Gasteiger partial charge in [0.15, 0.2) is 0 Å². The highest BCUT2D eigenvalue weighted by atomic mass is 16.5. The second-order valence-electron chi connectivity index (χ2n) is 5.67. The molecule has 1 aliphatic rings. The summed E-state index contributed by atoms with van der Waals surface area (Å²) in [5, 5.41) is 3.03. The Morgan fingerprint density at radius 3 is 2.81 bits per heavy atom. The second kappa shape index (κ2) is 8.03. The van der Waals surface area contributed by atoms with Crippen LogP contribution in [0.25, 0.3) is 0 Å². The quantitative estimate of drug-likeness (QED) is 0.876. The largest absolute Gasteiger partial charge is 0.497 e. The van der Waals surface area contributed by atoms with Gasteiger partial charge in [0.2, 0.25) is 5.91 Å². The van der Waals surface area contributed by atoms with Crippen molar-refractivity contribution in [3.8, 4) is 5.75 Å². The van der Waals surface area contributed by atoms with Crippen molar-refractivity contribution in [2.24, 2.45) is 5.92 Å². The van der Waals surface area contributed by atoms with Gasteiger partial charge < -0.3 is 14.8 Å². The molecule has 1 aromatic rings. The fourth-order valence-electron chi connectivity index (χ4n) is 2.60. The topological polar surface area (TPSA) is 47.6 Å². The predicted octanol–water partition coefficient (Wildman–Crippen LogP) is 2.73. The van der Waals surface area contributed by atoms with E-state index >= 15 is 0 Å². The van der Waals surface area contributed by atoms with Gasteiger partial charge in [0.1, 0.15) is 5.75 Å². The maximum atomic E-state index is 12.0. The van der Waals surface area contributed by atoms with Crippen LogP contribution in [0.5, 0.6) is 5.75 Å². The summed E-state index contributed by atoms with van der Waals surface area (Å²) in [5.74, 6) is 1.46. The van der Waals surface area contributed by atoms with Gasteiger partial charge in [-0.05, 0) is 42.9 Å². The van der Waals surface area contributed by atoms with E-state index in [1.165, 1.54) is 5.56 Å². The van der Waals surface area contributed by atoms with Gasteiger partial charge in [-0.3, -0.25) is 4.79 Å². The van der Waals surface area contributed by atoms with Crippen LogP contribution < -0.4 is 10.1 Å². The molecule has 1 aromatic carbocycles. The molecule has 1 amide bonds. The van der Waals surface area contributed by atoms with E-state index in [0.29, 0.717) is 19.1 Å². The third-order valence-corrected chi connectivity index (χ3v) is 4.09. The molecule has 0 aliphatic carbocycles. The van der Waals surface area contributed by atoms with E-state index in [-0.39, 0.29) is 11.8 Å². The molecule has 2 atom stereocenters. The van der Waals surface area contributed by atoms with Crippen molar-refractivity contribution < 1.29 is 14.3 Å². The molecule has 0 radical (unpaired) electrons. The van der Waals surface area contributed by atoms with Gasteiger partial charge in [-0.25, -0.2) is 0 Å². The van der Waals surface area contributed by atoms with E-state index in [4.69, 9.17) is 9.47 Å². The van der Waals surface area contributed by atoms with Crippen LogP contribution in [0.2, 0.25) is 0 Å². The lowest BCUT2D eigenvalue weighted by Crippen LogP contribution is -2.36. The summed E-state index contributed by atoms with van der Waals surface area (Å²) in [7, 11) is 1.67. The van der Waals surface area contributed by atoms with Crippen LogP contribution in [0.4, 0.5) is 0 Å². The highest BCUT2D eigenvalue weighted by Crippen LogP contribution is 2.21. The molecular weight excluding hydrogens is 266 g/mol. The fourth-order valence-corrected chi connectivity index (χ4v) is 2.60. The van der Waals surface area contributed by atoms with Crippen molar-refractivity contribution in [3.63, 3.8) is 0 Å². The summed E-state index contributed by atoms with van der Waals surface area (Å²) >= 11 is 0. The molecule has 0 unspecified atom stereocenters. The van der Waals surface area contributed by atoms with Crippen molar-refractivity contribution in [2.75, 3.05) is 26.9 Å². The van der Waals surface area contributed by atoms with Crippen molar-refractivity contribution in [1.82, 2.24) is 5.32 Å². The first-order chi connectivity index (χ1) is 10.2. The Balaban J connectivity index is 1.72. The average Bonchev–Trinajstić information content (AvgIpc) is 2.55. The molecule has 0 saturated carbocycles. The Morgan fingerprint density at radius 2 is 2.19 bits per heavy atom. The molecule has 1 aliphatic heterocycles. The van der Waals surface area contributed by atoms with Gasteiger partial charge in [0, 0.05) is 13.2 Å². The molecule has 116 valence electrons. The number of hydrogen-bond acceptors (Lipinski definition) is 3. The molecule has 1 N–H and O–H groups in total. The molecule has 2 rings (SSSR count). The van der Waals surface area contributed by atoms with Gasteiger partial charge in [0.05, 0.1) is 19.6 Å². The Hall–Kier alpha value is -1.55. The molecule has 0 aromatic heterocycles. The maximum Gasteiger partial charge on any atom is 0.225 e. The summed E-state index contributed by atoms with van der Waals surface area (Å²) in [6, 6.07) is 8.12. The summed E-state index contributed by atoms with van der Waals surface area (Å²) < 4.78 is 10.5. The number of methoxy groups -OCH3 is 1. The smallest absolute Gasteiger partial charge is 0.225 e. The minimum absolute atomic E-state index is 0.0371. The Bertz CT molecular complexity index is 438. The zero-order valence-corrected chi connectivity index (χ0v) is 12.9. The standard InChI is InChI=1S/C17H25NO3/c1-13(14-5-7-16(20-2)8-6-14)9-10-18-17(19)15-4-3-11-21-12-15/h5-8,13,15H,3-4,9-12H2,1-2H3,(H,18,19)/t13-,15-/m0/s1. The number of nitrogens with one attached hydrogen (secondary N) is 1. The van der Waals surface area contributed by atoms with E-state index in [1.807, 2.05) is 12.1 Å². The average molecular weight is 291 g/mol. The zero-order chi connectivity index (χ0) is 15.1. The number of carbonyl (C=O) groups is 1. The molecule has 1 saturated heterocycles. The number of carbonyl (C=O) groups excluding carboxylic acids is 1. The lowest BCUT2D eigenvalue weighted by atomic mass is 9.97. The van der Waals surface area contributed by atoms with Crippen molar-refractivity contribution in [3.05, 3.63) is 29.8 Å². The van der Waals surface area contributed by atoms with E-state index in [0.717, 1.165) is 31.6 Å². The molecule has 1 fully saturated rings. The number of amides is 1. The van der Waals surface area contributed by atoms with Crippen LogP contribution in [0.15, 0.2) is 24.3 Å².